The maximum absolute atomic E-state index is 14.1. The molecule has 8 nitrogen and oxygen atoms in total. The number of alkyl halides is 3. The number of halogens is 5. The minimum Gasteiger partial charge on any atom is -0.352 e. The van der Waals surface area contributed by atoms with E-state index in [0.29, 0.717) is 17.7 Å². The fourth-order valence-electron chi connectivity index (χ4n) is 6.33. The molecule has 1 saturated carbocycles. The fraction of sp³-hybridized carbons (Fsp3) is 0.643. The summed E-state index contributed by atoms with van der Waals surface area (Å²) in [5.41, 5.74) is -0.630. The number of hydrogen-bond donors (Lipinski definition) is 3. The number of hydrogen-bond acceptors (Lipinski definition) is 4. The molecular weight excluding hydrogens is 568 g/mol. The first kappa shape index (κ1) is 31.1. The van der Waals surface area contributed by atoms with E-state index in [1.54, 1.807) is 6.92 Å². The van der Waals surface area contributed by atoms with Crippen LogP contribution in [0, 0.1) is 28.5 Å². The molecule has 1 aromatic rings. The van der Waals surface area contributed by atoms with Crippen LogP contribution in [-0.4, -0.2) is 59.4 Å². The van der Waals surface area contributed by atoms with Gasteiger partial charge in [0.1, 0.15) is 17.9 Å². The molecule has 2 unspecified atom stereocenters. The van der Waals surface area contributed by atoms with Crippen molar-refractivity contribution in [2.24, 2.45) is 22.7 Å². The second-order valence-corrected chi connectivity index (χ2v) is 13.3. The van der Waals surface area contributed by atoms with Crippen LogP contribution in [0.1, 0.15) is 65.9 Å². The van der Waals surface area contributed by atoms with Gasteiger partial charge in [0.05, 0.1) is 16.6 Å². The van der Waals surface area contributed by atoms with E-state index in [1.165, 1.54) is 31.7 Å². The minimum atomic E-state index is -5.18. The zero-order chi connectivity index (χ0) is 30.8. The zero-order valence-corrected chi connectivity index (χ0v) is 24.5. The van der Waals surface area contributed by atoms with Gasteiger partial charge in [-0.2, -0.15) is 13.2 Å². The molecule has 6 atom stereocenters. The lowest BCUT2D eigenvalue weighted by molar-refractivity contribution is -0.176. The van der Waals surface area contributed by atoms with Crippen molar-refractivity contribution >= 4 is 40.9 Å². The molecule has 0 aromatic heterocycles. The summed E-state index contributed by atoms with van der Waals surface area (Å²) in [5, 5.41) is 7.50. The standard InChI is InChI=1S/C28H35ClF4N4O4/c1-7-13(10-15-14-8-12(30)9-17(29)19(14)35-22(15)38)34-23(39)20-18-16(27(18,5)6)11-37(20)24(40)21(26(2,3)4)36-25(41)28(31,32)33/h8-9,13,15-16,18,20-21H,7,10-11H2,1-6H3,(H,34,39)(H,35,38)(H,36,41)/t13-,15?,16+,18?,20+,21-/m1/s1. The molecule has 2 aliphatic heterocycles. The molecule has 41 heavy (non-hydrogen) atoms. The molecule has 1 aliphatic carbocycles. The summed E-state index contributed by atoms with van der Waals surface area (Å²) in [4.78, 5) is 53.2. The maximum atomic E-state index is 14.1. The van der Waals surface area contributed by atoms with Crippen molar-refractivity contribution in [3.05, 3.63) is 28.5 Å². The number of carbonyl (C=O) groups is 4. The number of carbonyl (C=O) groups excluding carboxylic acids is 4. The third-order valence-electron chi connectivity index (χ3n) is 8.79. The van der Waals surface area contributed by atoms with E-state index in [2.05, 4.69) is 10.6 Å². The second-order valence-electron chi connectivity index (χ2n) is 12.9. The van der Waals surface area contributed by atoms with Crippen molar-refractivity contribution in [3.63, 3.8) is 0 Å². The van der Waals surface area contributed by atoms with Gasteiger partial charge < -0.3 is 20.9 Å². The highest BCUT2D eigenvalue weighted by Crippen LogP contribution is 2.65. The molecule has 2 heterocycles. The average molecular weight is 603 g/mol. The van der Waals surface area contributed by atoms with Crippen LogP contribution in [-0.2, 0) is 19.2 Å². The highest BCUT2D eigenvalue weighted by molar-refractivity contribution is 6.34. The number of fused-ring (bicyclic) bond motifs is 2. The summed E-state index contributed by atoms with van der Waals surface area (Å²) in [7, 11) is 0. The van der Waals surface area contributed by atoms with E-state index in [9.17, 15) is 36.7 Å². The molecule has 0 spiro atoms. The summed E-state index contributed by atoms with van der Waals surface area (Å²) in [6, 6.07) is -0.695. The monoisotopic (exact) mass is 602 g/mol. The highest BCUT2D eigenvalue weighted by Gasteiger charge is 2.70. The van der Waals surface area contributed by atoms with Gasteiger partial charge in [-0.1, -0.05) is 53.1 Å². The van der Waals surface area contributed by atoms with E-state index >= 15 is 0 Å². The lowest BCUT2D eigenvalue weighted by atomic mass is 9.85. The molecule has 2 fully saturated rings. The Morgan fingerprint density at radius 2 is 1.80 bits per heavy atom. The number of benzene rings is 1. The van der Waals surface area contributed by atoms with Crippen LogP contribution in [0.2, 0.25) is 5.02 Å². The van der Waals surface area contributed by atoms with Gasteiger partial charge in [-0.15, -0.1) is 0 Å². The molecule has 1 saturated heterocycles. The normalized spacial score (nSPS) is 26.0. The van der Waals surface area contributed by atoms with Crippen molar-refractivity contribution in [3.8, 4) is 0 Å². The first-order valence-electron chi connectivity index (χ1n) is 13.6. The molecule has 3 aliphatic rings. The van der Waals surface area contributed by atoms with Crippen LogP contribution >= 0.6 is 11.6 Å². The molecule has 13 heteroatoms. The van der Waals surface area contributed by atoms with Crippen LogP contribution < -0.4 is 16.0 Å². The molecule has 226 valence electrons. The van der Waals surface area contributed by atoms with E-state index in [-0.39, 0.29) is 41.1 Å². The van der Waals surface area contributed by atoms with Crippen LogP contribution in [0.5, 0.6) is 0 Å². The lowest BCUT2D eigenvalue weighted by Gasteiger charge is -2.38. The Labute approximate surface area is 240 Å². The fourth-order valence-corrected chi connectivity index (χ4v) is 6.59. The van der Waals surface area contributed by atoms with E-state index in [4.69, 9.17) is 11.6 Å². The van der Waals surface area contributed by atoms with Crippen LogP contribution in [0.25, 0.3) is 0 Å². The third-order valence-corrected chi connectivity index (χ3v) is 9.09. The molecule has 4 rings (SSSR count). The SMILES string of the molecule is CC[C@H](CC1C(=O)Nc2c(Cl)cc(F)cc21)NC(=O)[C@@H]1C2[C@H](CN1C(=O)[C@@H](NC(=O)C(F)(F)F)C(C)(C)C)C2(C)C. The molecule has 0 radical (unpaired) electrons. The summed E-state index contributed by atoms with van der Waals surface area (Å²) >= 11 is 6.10. The Kier molecular flexibility index (Phi) is 7.90. The predicted molar refractivity (Wildman–Crippen MR) is 143 cm³/mol. The minimum absolute atomic E-state index is 0.0428. The molecular formula is C28H35ClF4N4O4. The highest BCUT2D eigenvalue weighted by atomic mass is 35.5. The summed E-state index contributed by atoms with van der Waals surface area (Å²) in [6.45, 7) is 10.5. The Morgan fingerprint density at radius 1 is 1.17 bits per heavy atom. The van der Waals surface area contributed by atoms with Gasteiger partial charge >= 0.3 is 12.1 Å². The van der Waals surface area contributed by atoms with Crippen LogP contribution in [0.15, 0.2) is 12.1 Å². The maximum Gasteiger partial charge on any atom is 0.471 e. The Morgan fingerprint density at radius 3 is 2.37 bits per heavy atom. The van der Waals surface area contributed by atoms with Gasteiger partial charge in [0, 0.05) is 12.6 Å². The van der Waals surface area contributed by atoms with Gasteiger partial charge in [-0.3, -0.25) is 19.2 Å². The summed E-state index contributed by atoms with van der Waals surface area (Å²) < 4.78 is 53.3. The average Bonchev–Trinajstić information content (AvgIpc) is 3.15. The van der Waals surface area contributed by atoms with E-state index in [1.807, 2.05) is 19.2 Å². The van der Waals surface area contributed by atoms with Crippen LogP contribution in [0.3, 0.4) is 0 Å². The molecule has 0 bridgehead atoms. The first-order valence-corrected chi connectivity index (χ1v) is 13.9. The van der Waals surface area contributed by atoms with E-state index in [0.717, 1.165) is 6.07 Å². The van der Waals surface area contributed by atoms with Gasteiger partial charge in [-0.25, -0.2) is 4.39 Å². The molecule has 3 N–H and O–H groups in total. The Balaban J connectivity index is 1.55. The van der Waals surface area contributed by atoms with Gasteiger partial charge in [0.25, 0.3) is 0 Å². The number of nitrogens with zero attached hydrogens (tertiary/aromatic N) is 1. The number of amides is 4. The molecule has 4 amide bonds. The van der Waals surface area contributed by atoms with E-state index < -0.39 is 59.2 Å². The quantitative estimate of drug-likeness (QED) is 0.403. The predicted octanol–water partition coefficient (Wildman–Crippen LogP) is 4.38. The second kappa shape index (κ2) is 10.4. The lowest BCUT2D eigenvalue weighted by Crippen LogP contribution is -2.61. The van der Waals surface area contributed by atoms with Crippen molar-refractivity contribution in [2.45, 2.75) is 84.6 Å². The summed E-state index contributed by atoms with van der Waals surface area (Å²) in [5.74, 6) is -5.50. The van der Waals surface area contributed by atoms with Crippen LogP contribution in [0.4, 0.5) is 23.2 Å². The number of piperidine rings is 1. The van der Waals surface area contributed by atoms with Crippen molar-refractivity contribution in [1.82, 2.24) is 15.5 Å². The number of anilines is 1. The Bertz CT molecular complexity index is 1280. The molecule has 1 aromatic carbocycles. The number of likely N-dealkylation sites (tertiary alicyclic amines) is 1. The van der Waals surface area contributed by atoms with Crippen molar-refractivity contribution in [2.75, 3.05) is 11.9 Å². The smallest absolute Gasteiger partial charge is 0.352 e. The van der Waals surface area contributed by atoms with Gasteiger partial charge in [0.2, 0.25) is 17.7 Å². The largest absolute Gasteiger partial charge is 0.471 e. The topological polar surface area (TPSA) is 108 Å². The van der Waals surface area contributed by atoms with Gasteiger partial charge in [-0.05, 0) is 53.2 Å². The third kappa shape index (κ3) is 5.76. The summed E-state index contributed by atoms with van der Waals surface area (Å²) in [6.07, 6.45) is -4.62. The zero-order valence-electron chi connectivity index (χ0n) is 23.7. The number of rotatable bonds is 7. The van der Waals surface area contributed by atoms with Crippen molar-refractivity contribution < 1.29 is 36.7 Å². The van der Waals surface area contributed by atoms with Crippen molar-refractivity contribution in [1.29, 1.82) is 0 Å². The Hall–Kier alpha value is -2.89. The number of nitrogens with one attached hydrogen (secondary N) is 3. The van der Waals surface area contributed by atoms with Gasteiger partial charge in [0.15, 0.2) is 0 Å². The first-order chi connectivity index (χ1) is 18.8.